The van der Waals surface area contributed by atoms with Gasteiger partial charge in [-0.05, 0) is 35.2 Å². The smallest absolute Gasteiger partial charge is 0.243 e. The van der Waals surface area contributed by atoms with Crippen LogP contribution in [0.3, 0.4) is 0 Å². The Hall–Kier alpha value is -3.06. The van der Waals surface area contributed by atoms with Gasteiger partial charge < -0.3 is 0 Å². The number of aromatic nitrogens is 1. The SMILES string of the molecule is O=S(=O)(N[C@@H]1CCN(Cc2ccc(-c3ccccc3)cc2)C1)c1cccc2cccnc12. The van der Waals surface area contributed by atoms with Crippen LogP contribution in [0.25, 0.3) is 22.0 Å². The molecule has 1 fully saturated rings. The highest BCUT2D eigenvalue weighted by Crippen LogP contribution is 2.23. The van der Waals surface area contributed by atoms with Gasteiger partial charge in [0.2, 0.25) is 10.0 Å². The summed E-state index contributed by atoms with van der Waals surface area (Å²) in [4.78, 5) is 6.83. The van der Waals surface area contributed by atoms with Crippen molar-refractivity contribution >= 4 is 20.9 Å². The van der Waals surface area contributed by atoms with Gasteiger partial charge in [-0.25, -0.2) is 13.1 Å². The Morgan fingerprint density at radius 2 is 1.62 bits per heavy atom. The van der Waals surface area contributed by atoms with Crippen molar-refractivity contribution in [2.24, 2.45) is 0 Å². The quantitative estimate of drug-likeness (QED) is 0.478. The standard InChI is InChI=1S/C26H25N3O2S/c30-32(31,25-10-4-8-23-9-5-16-27-26(23)25)28-24-15-17-29(19-24)18-20-11-13-22(14-12-20)21-6-2-1-3-7-21/h1-14,16,24,28H,15,17-19H2/t24-/m1/s1. The zero-order valence-electron chi connectivity index (χ0n) is 17.7. The first kappa shape index (κ1) is 20.8. The lowest BCUT2D eigenvalue weighted by atomic mass is 10.0. The third kappa shape index (κ3) is 4.43. The first-order valence-electron chi connectivity index (χ1n) is 10.8. The van der Waals surface area contributed by atoms with E-state index in [0.717, 1.165) is 24.9 Å². The molecule has 1 saturated heterocycles. The normalized spacial score (nSPS) is 17.1. The van der Waals surface area contributed by atoms with Gasteiger partial charge in [-0.2, -0.15) is 0 Å². The number of fused-ring (bicyclic) bond motifs is 1. The van der Waals surface area contributed by atoms with E-state index >= 15 is 0 Å². The molecule has 1 aliphatic heterocycles. The molecular weight excluding hydrogens is 418 g/mol. The van der Waals surface area contributed by atoms with Crippen LogP contribution in [-0.2, 0) is 16.6 Å². The van der Waals surface area contributed by atoms with E-state index in [1.165, 1.54) is 16.7 Å². The molecule has 5 rings (SSSR count). The molecule has 162 valence electrons. The summed E-state index contributed by atoms with van der Waals surface area (Å²) in [6, 6.07) is 27.8. The molecule has 1 N–H and O–H groups in total. The van der Waals surface area contributed by atoms with Gasteiger partial charge in [0.25, 0.3) is 0 Å². The van der Waals surface area contributed by atoms with E-state index in [-0.39, 0.29) is 10.9 Å². The van der Waals surface area contributed by atoms with Crippen molar-refractivity contribution in [1.29, 1.82) is 0 Å². The number of rotatable bonds is 6. The number of nitrogens with one attached hydrogen (secondary N) is 1. The molecule has 0 amide bonds. The van der Waals surface area contributed by atoms with Gasteiger partial charge in [-0.1, -0.05) is 72.8 Å². The molecule has 0 bridgehead atoms. The molecule has 0 aliphatic carbocycles. The van der Waals surface area contributed by atoms with E-state index in [4.69, 9.17) is 0 Å². The van der Waals surface area contributed by atoms with Gasteiger partial charge in [0.15, 0.2) is 0 Å². The van der Waals surface area contributed by atoms with Crippen molar-refractivity contribution in [3.8, 4) is 11.1 Å². The lowest BCUT2D eigenvalue weighted by molar-refractivity contribution is 0.324. The summed E-state index contributed by atoms with van der Waals surface area (Å²) < 4.78 is 29.0. The summed E-state index contributed by atoms with van der Waals surface area (Å²) in [6.07, 6.45) is 2.42. The van der Waals surface area contributed by atoms with Gasteiger partial charge in [0.05, 0.1) is 5.52 Å². The minimum absolute atomic E-state index is 0.109. The van der Waals surface area contributed by atoms with E-state index < -0.39 is 10.0 Å². The molecule has 4 aromatic rings. The van der Waals surface area contributed by atoms with E-state index in [1.807, 2.05) is 36.4 Å². The van der Waals surface area contributed by atoms with Crippen LogP contribution in [0.15, 0.2) is 96.0 Å². The highest BCUT2D eigenvalue weighted by atomic mass is 32.2. The molecule has 0 saturated carbocycles. The average molecular weight is 444 g/mol. The molecule has 1 atom stereocenters. The van der Waals surface area contributed by atoms with Crippen molar-refractivity contribution < 1.29 is 8.42 Å². The highest BCUT2D eigenvalue weighted by Gasteiger charge is 2.28. The number of hydrogen-bond donors (Lipinski definition) is 1. The Morgan fingerprint density at radius 1 is 0.875 bits per heavy atom. The van der Waals surface area contributed by atoms with Gasteiger partial charge in [-0.3, -0.25) is 9.88 Å². The monoisotopic (exact) mass is 443 g/mol. The van der Waals surface area contributed by atoms with Crippen molar-refractivity contribution in [2.75, 3.05) is 13.1 Å². The van der Waals surface area contributed by atoms with Gasteiger partial charge >= 0.3 is 0 Å². The van der Waals surface area contributed by atoms with E-state index in [9.17, 15) is 8.42 Å². The molecule has 0 radical (unpaired) electrons. The Bertz CT molecular complexity index is 1320. The van der Waals surface area contributed by atoms with Gasteiger partial charge in [-0.15, -0.1) is 0 Å². The molecule has 6 heteroatoms. The lowest BCUT2D eigenvalue weighted by Crippen LogP contribution is -2.37. The third-order valence-corrected chi connectivity index (χ3v) is 7.50. The highest BCUT2D eigenvalue weighted by molar-refractivity contribution is 7.89. The number of hydrogen-bond acceptors (Lipinski definition) is 4. The Kier molecular flexibility index (Phi) is 5.74. The van der Waals surface area contributed by atoms with Crippen LogP contribution in [0.2, 0.25) is 0 Å². The average Bonchev–Trinajstić information content (AvgIpc) is 3.25. The molecular formula is C26H25N3O2S. The maximum atomic E-state index is 13.1. The molecule has 2 heterocycles. The Balaban J connectivity index is 1.24. The van der Waals surface area contributed by atoms with Crippen LogP contribution < -0.4 is 4.72 Å². The molecule has 1 aliphatic rings. The first-order chi connectivity index (χ1) is 15.6. The van der Waals surface area contributed by atoms with Gasteiger partial charge in [0.1, 0.15) is 4.90 Å². The Labute approximate surface area is 188 Å². The van der Waals surface area contributed by atoms with Crippen LogP contribution in [-0.4, -0.2) is 37.4 Å². The van der Waals surface area contributed by atoms with Crippen LogP contribution in [0, 0.1) is 0 Å². The maximum absolute atomic E-state index is 13.1. The lowest BCUT2D eigenvalue weighted by Gasteiger charge is -2.17. The van der Waals surface area contributed by atoms with Crippen molar-refractivity contribution in [3.05, 3.63) is 96.7 Å². The minimum Gasteiger partial charge on any atom is -0.297 e. The van der Waals surface area contributed by atoms with E-state index in [2.05, 4.69) is 51.0 Å². The zero-order chi connectivity index (χ0) is 22.0. The summed E-state index contributed by atoms with van der Waals surface area (Å²) in [7, 11) is -3.64. The number of likely N-dealkylation sites (tertiary alicyclic amines) is 1. The number of para-hydroxylation sites is 1. The molecule has 5 nitrogen and oxygen atoms in total. The van der Waals surface area contributed by atoms with Crippen LogP contribution in [0.1, 0.15) is 12.0 Å². The fourth-order valence-electron chi connectivity index (χ4n) is 4.34. The third-order valence-electron chi connectivity index (χ3n) is 5.95. The zero-order valence-corrected chi connectivity index (χ0v) is 18.5. The van der Waals surface area contributed by atoms with Crippen molar-refractivity contribution in [3.63, 3.8) is 0 Å². The number of sulfonamides is 1. The van der Waals surface area contributed by atoms with E-state index in [1.54, 1.807) is 18.3 Å². The second-order valence-corrected chi connectivity index (χ2v) is 9.92. The summed E-state index contributed by atoms with van der Waals surface area (Å²) in [5, 5.41) is 0.822. The summed E-state index contributed by atoms with van der Waals surface area (Å²) >= 11 is 0. The fraction of sp³-hybridized carbons (Fsp3) is 0.192. The second-order valence-electron chi connectivity index (χ2n) is 8.24. The Morgan fingerprint density at radius 3 is 2.44 bits per heavy atom. The second kappa shape index (κ2) is 8.82. The topological polar surface area (TPSA) is 62.3 Å². The number of nitrogens with zero attached hydrogens (tertiary/aromatic N) is 2. The van der Waals surface area contributed by atoms with Crippen molar-refractivity contribution in [2.45, 2.75) is 23.9 Å². The van der Waals surface area contributed by atoms with Crippen LogP contribution >= 0.6 is 0 Å². The summed E-state index contributed by atoms with van der Waals surface area (Å²) in [6.45, 7) is 2.36. The van der Waals surface area contributed by atoms with Crippen LogP contribution in [0.4, 0.5) is 0 Å². The largest absolute Gasteiger partial charge is 0.297 e. The summed E-state index contributed by atoms with van der Waals surface area (Å²) in [5.41, 5.74) is 4.14. The van der Waals surface area contributed by atoms with Crippen molar-refractivity contribution in [1.82, 2.24) is 14.6 Å². The van der Waals surface area contributed by atoms with Gasteiger partial charge in [0, 0.05) is 37.3 Å². The van der Waals surface area contributed by atoms with Crippen LogP contribution in [0.5, 0.6) is 0 Å². The fourth-order valence-corrected chi connectivity index (χ4v) is 5.78. The van der Waals surface area contributed by atoms with E-state index in [0.29, 0.717) is 12.1 Å². The molecule has 32 heavy (non-hydrogen) atoms. The maximum Gasteiger partial charge on any atom is 0.243 e. The first-order valence-corrected chi connectivity index (χ1v) is 12.3. The molecule has 0 unspecified atom stereocenters. The minimum atomic E-state index is -3.64. The predicted molar refractivity (Wildman–Crippen MR) is 128 cm³/mol. The predicted octanol–water partition coefficient (Wildman–Crippen LogP) is 4.45. The number of pyridine rings is 1. The number of benzene rings is 3. The summed E-state index contributed by atoms with van der Waals surface area (Å²) in [5.74, 6) is 0. The molecule has 3 aromatic carbocycles. The molecule has 0 spiro atoms. The molecule has 1 aromatic heterocycles.